The van der Waals surface area contributed by atoms with Crippen LogP contribution in [-0.2, 0) is 26.2 Å². The van der Waals surface area contributed by atoms with E-state index in [9.17, 15) is 18.0 Å². The molecule has 10 heteroatoms. The molecule has 1 saturated carbocycles. The van der Waals surface area contributed by atoms with Crippen LogP contribution in [0, 0.1) is 13.8 Å². The summed E-state index contributed by atoms with van der Waals surface area (Å²) in [6, 6.07) is 17.4. The van der Waals surface area contributed by atoms with Gasteiger partial charge < -0.3 is 10.2 Å². The number of anilines is 1. The molecule has 1 atom stereocenters. The molecule has 1 aliphatic rings. The number of rotatable bonds is 10. The van der Waals surface area contributed by atoms with Gasteiger partial charge in [-0.25, -0.2) is 8.42 Å². The molecule has 3 aromatic carbocycles. The molecule has 0 spiro atoms. The molecule has 1 fully saturated rings. The summed E-state index contributed by atoms with van der Waals surface area (Å²) < 4.78 is 28.9. The Hall–Kier alpha value is -3.07. The van der Waals surface area contributed by atoms with Crippen LogP contribution < -0.4 is 9.62 Å². The Morgan fingerprint density at radius 1 is 0.951 bits per heavy atom. The van der Waals surface area contributed by atoms with Gasteiger partial charge in [-0.15, -0.1) is 0 Å². The van der Waals surface area contributed by atoms with Crippen molar-refractivity contribution in [1.29, 1.82) is 0 Å². The van der Waals surface area contributed by atoms with Crippen LogP contribution in [0.4, 0.5) is 5.69 Å². The molecule has 0 heterocycles. The SMILES string of the molecule is Cc1ccc(N(CC(=O)N(Cc2ccc(Cl)cc2Cl)[C@H](C)C(=O)NC2CCCC2)S(=O)(=O)c2ccccc2)cc1C. The fourth-order valence-corrected chi connectivity index (χ4v) is 6.83. The van der Waals surface area contributed by atoms with Gasteiger partial charge >= 0.3 is 0 Å². The second-order valence-electron chi connectivity index (χ2n) is 10.5. The second kappa shape index (κ2) is 13.3. The van der Waals surface area contributed by atoms with Crippen LogP contribution in [0.15, 0.2) is 71.6 Å². The number of halogens is 2. The third kappa shape index (κ3) is 7.42. The summed E-state index contributed by atoms with van der Waals surface area (Å²) in [5.74, 6) is -0.832. The Labute approximate surface area is 252 Å². The zero-order valence-corrected chi connectivity index (χ0v) is 25.8. The Morgan fingerprint density at radius 3 is 2.27 bits per heavy atom. The summed E-state index contributed by atoms with van der Waals surface area (Å²) in [6.07, 6.45) is 3.88. The lowest BCUT2D eigenvalue weighted by Crippen LogP contribution is -2.52. The van der Waals surface area contributed by atoms with Gasteiger partial charge in [-0.05, 0) is 86.7 Å². The summed E-state index contributed by atoms with van der Waals surface area (Å²) in [6.45, 7) is 4.96. The Balaban J connectivity index is 1.71. The maximum Gasteiger partial charge on any atom is 0.264 e. The van der Waals surface area contributed by atoms with Crippen molar-refractivity contribution < 1.29 is 18.0 Å². The lowest BCUT2D eigenvalue weighted by molar-refractivity contribution is -0.139. The molecule has 2 amide bonds. The Kier molecular flexibility index (Phi) is 10.00. The van der Waals surface area contributed by atoms with Gasteiger partial charge in [-0.1, -0.05) is 66.4 Å². The van der Waals surface area contributed by atoms with Crippen molar-refractivity contribution in [2.45, 2.75) is 70.0 Å². The molecule has 1 N–H and O–H groups in total. The third-order valence-corrected chi connectivity index (χ3v) is 9.99. The molecule has 3 aromatic rings. The number of hydrogen-bond acceptors (Lipinski definition) is 4. The first-order valence-corrected chi connectivity index (χ1v) is 15.9. The van der Waals surface area contributed by atoms with Gasteiger partial charge in [0.25, 0.3) is 10.0 Å². The van der Waals surface area contributed by atoms with Crippen LogP contribution in [-0.4, -0.2) is 43.8 Å². The summed E-state index contributed by atoms with van der Waals surface area (Å²) in [5.41, 5.74) is 2.83. The van der Waals surface area contributed by atoms with E-state index < -0.39 is 28.5 Å². The van der Waals surface area contributed by atoms with E-state index in [1.165, 1.54) is 17.0 Å². The smallest absolute Gasteiger partial charge is 0.264 e. The third-order valence-electron chi connectivity index (χ3n) is 7.61. The van der Waals surface area contributed by atoms with Gasteiger partial charge in [-0.3, -0.25) is 13.9 Å². The quantitative estimate of drug-likeness (QED) is 0.291. The van der Waals surface area contributed by atoms with Gasteiger partial charge in [-0.2, -0.15) is 0 Å². The molecule has 41 heavy (non-hydrogen) atoms. The van der Waals surface area contributed by atoms with E-state index in [0.717, 1.165) is 41.1 Å². The fourth-order valence-electron chi connectivity index (χ4n) is 4.94. The predicted octanol–water partition coefficient (Wildman–Crippen LogP) is 6.28. The van der Waals surface area contributed by atoms with E-state index in [1.54, 1.807) is 55.5 Å². The van der Waals surface area contributed by atoms with Gasteiger partial charge in [0.15, 0.2) is 0 Å². The van der Waals surface area contributed by atoms with E-state index in [2.05, 4.69) is 5.32 Å². The fraction of sp³-hybridized carbons (Fsp3) is 0.355. The zero-order chi connectivity index (χ0) is 29.7. The number of carbonyl (C=O) groups excluding carboxylic acids is 2. The lowest BCUT2D eigenvalue weighted by atomic mass is 10.1. The number of benzene rings is 3. The average Bonchev–Trinajstić information content (AvgIpc) is 3.46. The van der Waals surface area contributed by atoms with Gasteiger partial charge in [0.05, 0.1) is 10.6 Å². The molecular formula is C31H35Cl2N3O4S. The van der Waals surface area contributed by atoms with E-state index in [1.807, 2.05) is 19.9 Å². The van der Waals surface area contributed by atoms with Gasteiger partial charge in [0.1, 0.15) is 12.6 Å². The maximum absolute atomic E-state index is 14.1. The Morgan fingerprint density at radius 2 is 1.63 bits per heavy atom. The van der Waals surface area contributed by atoms with Crippen LogP contribution in [0.1, 0.15) is 49.3 Å². The molecule has 0 saturated heterocycles. The molecule has 1 aliphatic carbocycles. The van der Waals surface area contributed by atoms with Crippen LogP contribution >= 0.6 is 23.2 Å². The molecule has 218 valence electrons. The van der Waals surface area contributed by atoms with Crippen molar-refractivity contribution in [3.63, 3.8) is 0 Å². The van der Waals surface area contributed by atoms with Gasteiger partial charge in [0.2, 0.25) is 11.8 Å². The van der Waals surface area contributed by atoms with Crippen molar-refractivity contribution in [2.75, 3.05) is 10.8 Å². The van der Waals surface area contributed by atoms with Crippen LogP contribution in [0.25, 0.3) is 0 Å². The van der Waals surface area contributed by atoms with E-state index >= 15 is 0 Å². The second-order valence-corrected chi connectivity index (χ2v) is 13.2. The molecule has 0 aliphatic heterocycles. The van der Waals surface area contributed by atoms with E-state index in [-0.39, 0.29) is 23.4 Å². The topological polar surface area (TPSA) is 86.8 Å². The highest BCUT2D eigenvalue weighted by Crippen LogP contribution is 2.28. The van der Waals surface area contributed by atoms with Crippen molar-refractivity contribution >= 4 is 50.7 Å². The highest BCUT2D eigenvalue weighted by Gasteiger charge is 2.33. The standard InChI is InChI=1S/C31H35Cl2N3O4S/c1-21-13-16-27(17-22(21)2)36(41(39,40)28-11-5-4-6-12-28)20-30(37)35(19-24-14-15-25(32)18-29(24)33)23(3)31(38)34-26-9-7-8-10-26/h4-6,11-18,23,26H,7-10,19-20H2,1-3H3,(H,34,38)/t23-/m1/s1. The van der Waals surface area contributed by atoms with Crippen LogP contribution in [0.5, 0.6) is 0 Å². The first-order chi connectivity index (χ1) is 19.5. The van der Waals surface area contributed by atoms with Crippen molar-refractivity contribution in [3.05, 3.63) is 93.5 Å². The molecule has 0 unspecified atom stereocenters. The highest BCUT2D eigenvalue weighted by molar-refractivity contribution is 7.92. The summed E-state index contributed by atoms with van der Waals surface area (Å²) in [4.78, 5) is 28.9. The zero-order valence-electron chi connectivity index (χ0n) is 23.4. The minimum absolute atomic E-state index is 0.000237. The van der Waals surface area contributed by atoms with E-state index in [0.29, 0.717) is 21.3 Å². The van der Waals surface area contributed by atoms with Crippen molar-refractivity contribution in [3.8, 4) is 0 Å². The number of nitrogens with one attached hydrogen (secondary N) is 1. The monoisotopic (exact) mass is 615 g/mol. The number of hydrogen-bond donors (Lipinski definition) is 1. The first-order valence-electron chi connectivity index (χ1n) is 13.7. The lowest BCUT2D eigenvalue weighted by Gasteiger charge is -2.32. The maximum atomic E-state index is 14.1. The summed E-state index contributed by atoms with van der Waals surface area (Å²) in [7, 11) is -4.12. The minimum atomic E-state index is -4.12. The van der Waals surface area contributed by atoms with Crippen LogP contribution in [0.3, 0.4) is 0 Å². The van der Waals surface area contributed by atoms with Crippen molar-refractivity contribution in [1.82, 2.24) is 10.2 Å². The molecule has 0 bridgehead atoms. The average molecular weight is 617 g/mol. The molecular weight excluding hydrogens is 581 g/mol. The van der Waals surface area contributed by atoms with Crippen molar-refractivity contribution in [2.24, 2.45) is 0 Å². The predicted molar refractivity (Wildman–Crippen MR) is 164 cm³/mol. The molecule has 7 nitrogen and oxygen atoms in total. The number of amides is 2. The molecule has 4 rings (SSSR count). The number of carbonyl (C=O) groups is 2. The van der Waals surface area contributed by atoms with Gasteiger partial charge in [0, 0.05) is 22.6 Å². The molecule has 0 aromatic heterocycles. The largest absolute Gasteiger partial charge is 0.352 e. The number of sulfonamides is 1. The highest BCUT2D eigenvalue weighted by atomic mass is 35.5. The normalized spacial score (nSPS) is 14.5. The van der Waals surface area contributed by atoms with Crippen LogP contribution in [0.2, 0.25) is 10.0 Å². The van der Waals surface area contributed by atoms with E-state index in [4.69, 9.17) is 23.2 Å². The number of aryl methyl sites for hydroxylation is 2. The summed E-state index contributed by atoms with van der Waals surface area (Å²) >= 11 is 12.5. The Bertz CT molecular complexity index is 1510. The number of nitrogens with zero attached hydrogens (tertiary/aromatic N) is 2. The minimum Gasteiger partial charge on any atom is -0.352 e. The summed E-state index contributed by atoms with van der Waals surface area (Å²) in [5, 5.41) is 3.85. The first kappa shape index (κ1) is 30.9. The molecule has 0 radical (unpaired) electrons.